The van der Waals surface area contributed by atoms with Gasteiger partial charge in [0.25, 0.3) is 0 Å². The number of anilines is 1. The lowest BCUT2D eigenvalue weighted by Crippen LogP contribution is -2.35. The Labute approximate surface area is 178 Å². The second-order valence-electron chi connectivity index (χ2n) is 7.81. The number of rotatable bonds is 4. The van der Waals surface area contributed by atoms with Gasteiger partial charge in [-0.15, -0.1) is 0 Å². The fraction of sp³-hybridized carbons (Fsp3) is 0.375. The van der Waals surface area contributed by atoms with Crippen molar-refractivity contribution in [2.75, 3.05) is 18.0 Å². The van der Waals surface area contributed by atoms with Crippen molar-refractivity contribution in [3.8, 4) is 11.8 Å². The molecule has 0 spiro atoms. The highest BCUT2D eigenvalue weighted by Gasteiger charge is 2.19. The highest BCUT2D eigenvalue weighted by molar-refractivity contribution is 7.89. The van der Waals surface area contributed by atoms with Gasteiger partial charge in [0, 0.05) is 24.2 Å². The Balaban J connectivity index is 1.37. The molecule has 1 fully saturated rings. The molecule has 0 unspecified atom stereocenters. The Kier molecular flexibility index (Phi) is 6.21. The first-order valence-corrected chi connectivity index (χ1v) is 12.0. The number of hydrogen-bond donors (Lipinski definition) is 1. The zero-order valence-corrected chi connectivity index (χ0v) is 17.8. The maximum atomic E-state index is 12.6. The number of carbonyl (C=O) groups is 1. The molecule has 2 aromatic carbocycles. The van der Waals surface area contributed by atoms with Gasteiger partial charge in [-0.1, -0.05) is 17.9 Å². The number of sulfonamides is 1. The van der Waals surface area contributed by atoms with Crippen molar-refractivity contribution >= 4 is 21.6 Å². The van der Waals surface area contributed by atoms with E-state index in [2.05, 4.69) is 16.6 Å². The second kappa shape index (κ2) is 9.03. The fourth-order valence-corrected chi connectivity index (χ4v) is 5.01. The maximum Gasteiger partial charge on any atom is 0.241 e. The number of aryl methyl sites for hydroxylation is 2. The molecule has 2 aliphatic rings. The number of carbonyl (C=O) groups excluding carboxylic acids is 1. The van der Waals surface area contributed by atoms with E-state index in [1.54, 1.807) is 12.1 Å². The van der Waals surface area contributed by atoms with Crippen molar-refractivity contribution < 1.29 is 13.2 Å². The third-order valence-electron chi connectivity index (χ3n) is 5.72. The van der Waals surface area contributed by atoms with Crippen LogP contribution in [0.4, 0.5) is 5.69 Å². The molecule has 156 valence electrons. The maximum absolute atomic E-state index is 12.6. The minimum atomic E-state index is -3.57. The standard InChI is InChI=1S/C24H26N2O3S/c27-24-9-3-4-17-26(24)22-13-10-19(11-14-22)6-5-16-25-30(28,29)23-15-12-20-7-1-2-8-21(20)18-23/h10-15,18,25H,1-4,7-9,16-17H2. The summed E-state index contributed by atoms with van der Waals surface area (Å²) in [4.78, 5) is 14.1. The normalized spacial score (nSPS) is 16.5. The summed E-state index contributed by atoms with van der Waals surface area (Å²) in [6, 6.07) is 12.9. The number of fused-ring (bicyclic) bond motifs is 1. The van der Waals surface area contributed by atoms with Crippen LogP contribution in [-0.2, 0) is 27.7 Å². The molecule has 1 aliphatic heterocycles. The van der Waals surface area contributed by atoms with Crippen LogP contribution in [0.3, 0.4) is 0 Å². The smallest absolute Gasteiger partial charge is 0.241 e. The molecule has 0 aromatic heterocycles. The van der Waals surface area contributed by atoms with Crippen molar-refractivity contribution in [1.29, 1.82) is 0 Å². The summed E-state index contributed by atoms with van der Waals surface area (Å²) in [5.74, 6) is 6.02. The lowest BCUT2D eigenvalue weighted by atomic mass is 9.92. The first-order valence-electron chi connectivity index (χ1n) is 10.5. The molecule has 4 rings (SSSR count). The number of nitrogens with one attached hydrogen (secondary N) is 1. The van der Waals surface area contributed by atoms with E-state index in [1.807, 2.05) is 35.2 Å². The molecule has 1 N–H and O–H groups in total. The minimum Gasteiger partial charge on any atom is -0.312 e. The third kappa shape index (κ3) is 4.75. The summed E-state index contributed by atoms with van der Waals surface area (Å²) in [6.07, 6.45) is 6.84. The molecule has 1 amide bonds. The summed E-state index contributed by atoms with van der Waals surface area (Å²) >= 11 is 0. The molecule has 1 aliphatic carbocycles. The first kappa shape index (κ1) is 20.6. The van der Waals surface area contributed by atoms with Crippen LogP contribution in [0.2, 0.25) is 0 Å². The highest BCUT2D eigenvalue weighted by Crippen LogP contribution is 2.24. The predicted octanol–water partition coefficient (Wildman–Crippen LogP) is 3.41. The monoisotopic (exact) mass is 422 g/mol. The molecule has 0 atom stereocenters. The van der Waals surface area contributed by atoms with E-state index >= 15 is 0 Å². The van der Waals surface area contributed by atoms with Crippen LogP contribution >= 0.6 is 0 Å². The zero-order chi connectivity index (χ0) is 21.0. The van der Waals surface area contributed by atoms with E-state index in [-0.39, 0.29) is 12.5 Å². The van der Waals surface area contributed by atoms with E-state index in [0.29, 0.717) is 11.3 Å². The quantitative estimate of drug-likeness (QED) is 0.768. The second-order valence-corrected chi connectivity index (χ2v) is 9.58. The fourth-order valence-electron chi connectivity index (χ4n) is 4.04. The van der Waals surface area contributed by atoms with Crippen molar-refractivity contribution in [3.05, 3.63) is 59.2 Å². The van der Waals surface area contributed by atoms with Gasteiger partial charge in [0.05, 0.1) is 11.4 Å². The van der Waals surface area contributed by atoms with Crippen molar-refractivity contribution in [1.82, 2.24) is 4.72 Å². The molecule has 5 nitrogen and oxygen atoms in total. The minimum absolute atomic E-state index is 0.0474. The van der Waals surface area contributed by atoms with Crippen molar-refractivity contribution in [3.63, 3.8) is 0 Å². The lowest BCUT2D eigenvalue weighted by Gasteiger charge is -2.26. The summed E-state index contributed by atoms with van der Waals surface area (Å²) < 4.78 is 27.7. The first-order chi connectivity index (χ1) is 14.5. The van der Waals surface area contributed by atoms with Crippen LogP contribution in [0.25, 0.3) is 0 Å². The molecule has 1 heterocycles. The molecular weight excluding hydrogens is 396 g/mol. The number of piperidine rings is 1. The molecule has 30 heavy (non-hydrogen) atoms. The van der Waals surface area contributed by atoms with Gasteiger partial charge >= 0.3 is 0 Å². The van der Waals surface area contributed by atoms with E-state index in [9.17, 15) is 13.2 Å². The van der Waals surface area contributed by atoms with Crippen LogP contribution in [0.1, 0.15) is 48.8 Å². The summed E-state index contributed by atoms with van der Waals surface area (Å²) in [6.45, 7) is 0.806. The van der Waals surface area contributed by atoms with Crippen LogP contribution in [0, 0.1) is 11.8 Å². The molecule has 0 bridgehead atoms. The van der Waals surface area contributed by atoms with Crippen LogP contribution in [0.5, 0.6) is 0 Å². The molecule has 2 aromatic rings. The van der Waals surface area contributed by atoms with Crippen LogP contribution in [-0.4, -0.2) is 27.4 Å². The Morgan fingerprint density at radius 2 is 1.63 bits per heavy atom. The van der Waals surface area contributed by atoms with Crippen LogP contribution < -0.4 is 9.62 Å². The van der Waals surface area contributed by atoms with Gasteiger partial charge in [-0.25, -0.2) is 8.42 Å². The molecular formula is C24H26N2O3S. The third-order valence-corrected chi connectivity index (χ3v) is 7.11. The average molecular weight is 423 g/mol. The lowest BCUT2D eigenvalue weighted by molar-refractivity contribution is -0.119. The largest absolute Gasteiger partial charge is 0.312 e. The van der Waals surface area contributed by atoms with Crippen molar-refractivity contribution in [2.45, 2.75) is 49.8 Å². The number of amides is 1. The van der Waals surface area contributed by atoms with Gasteiger partial charge in [0.1, 0.15) is 0 Å². The molecule has 1 saturated heterocycles. The van der Waals surface area contributed by atoms with Gasteiger partial charge in [-0.2, -0.15) is 4.72 Å². The Bertz CT molecular complexity index is 1100. The number of nitrogens with zero attached hydrogens (tertiary/aromatic N) is 1. The molecule has 0 radical (unpaired) electrons. The molecule has 6 heteroatoms. The Hall–Kier alpha value is -2.62. The summed E-state index contributed by atoms with van der Waals surface area (Å²) in [7, 11) is -3.57. The van der Waals surface area contributed by atoms with E-state index < -0.39 is 10.0 Å². The number of hydrogen-bond acceptors (Lipinski definition) is 3. The SMILES string of the molecule is O=C1CCCCN1c1ccc(C#CCNS(=O)(=O)c2ccc3c(c2)CCCC3)cc1. The van der Waals surface area contributed by atoms with Gasteiger partial charge in [-0.3, -0.25) is 4.79 Å². The summed E-state index contributed by atoms with van der Waals surface area (Å²) in [5, 5.41) is 0. The van der Waals surface area contributed by atoms with E-state index in [0.717, 1.165) is 55.5 Å². The van der Waals surface area contributed by atoms with E-state index in [4.69, 9.17) is 0 Å². The predicted molar refractivity (Wildman–Crippen MR) is 118 cm³/mol. The molecule has 0 saturated carbocycles. The topological polar surface area (TPSA) is 66.5 Å². The van der Waals surface area contributed by atoms with Crippen LogP contribution in [0.15, 0.2) is 47.4 Å². The number of benzene rings is 2. The zero-order valence-electron chi connectivity index (χ0n) is 17.0. The summed E-state index contributed by atoms with van der Waals surface area (Å²) in [5.41, 5.74) is 4.08. The average Bonchev–Trinajstić information content (AvgIpc) is 2.77. The van der Waals surface area contributed by atoms with Gasteiger partial charge < -0.3 is 4.90 Å². The van der Waals surface area contributed by atoms with Crippen molar-refractivity contribution in [2.24, 2.45) is 0 Å². The highest BCUT2D eigenvalue weighted by atomic mass is 32.2. The Morgan fingerprint density at radius 1 is 0.900 bits per heavy atom. The van der Waals surface area contributed by atoms with Gasteiger partial charge in [0.15, 0.2) is 0 Å². The van der Waals surface area contributed by atoms with E-state index in [1.165, 1.54) is 12.0 Å². The van der Waals surface area contributed by atoms with Gasteiger partial charge in [0.2, 0.25) is 15.9 Å². The van der Waals surface area contributed by atoms with Gasteiger partial charge in [-0.05, 0) is 86.1 Å². The Morgan fingerprint density at radius 3 is 2.40 bits per heavy atom.